The van der Waals surface area contributed by atoms with Crippen LogP contribution in [0.5, 0.6) is 5.75 Å². The predicted molar refractivity (Wildman–Crippen MR) is 116 cm³/mol. The Labute approximate surface area is 185 Å². The Morgan fingerprint density at radius 2 is 1.16 bits per heavy atom. The minimum absolute atomic E-state index is 0.0527. The molecule has 5 heteroatoms. The number of benzene rings is 3. The Bertz CT molecular complexity index is 1190. The maximum atomic E-state index is 14.4. The van der Waals surface area contributed by atoms with Crippen molar-refractivity contribution in [3.63, 3.8) is 0 Å². The van der Waals surface area contributed by atoms with Gasteiger partial charge < -0.3 is 4.74 Å². The average molecular weight is 436 g/mol. The van der Waals surface area contributed by atoms with Crippen LogP contribution in [0.2, 0.25) is 0 Å². The van der Waals surface area contributed by atoms with Crippen molar-refractivity contribution in [1.82, 2.24) is 0 Å². The summed E-state index contributed by atoms with van der Waals surface area (Å²) in [5.41, 5.74) is 0.188. The molecule has 0 amide bonds. The Balaban J connectivity index is 1.85. The third-order valence-electron chi connectivity index (χ3n) is 4.51. The van der Waals surface area contributed by atoms with Crippen LogP contribution in [0.25, 0.3) is 0 Å². The highest BCUT2D eigenvalue weighted by atomic mass is 19.1. The fraction of sp³-hybridized carbons (Fsp3) is 0.185. The summed E-state index contributed by atoms with van der Waals surface area (Å²) in [6.45, 7) is 4.29. The maximum Gasteiger partial charge on any atom is 0.143 e. The second-order valence-electron chi connectivity index (χ2n) is 6.96. The fourth-order valence-corrected chi connectivity index (χ4v) is 3.01. The van der Waals surface area contributed by atoms with Crippen LogP contribution in [0.3, 0.4) is 0 Å². The first-order valence-corrected chi connectivity index (χ1v) is 10.1. The lowest BCUT2D eigenvalue weighted by molar-refractivity contribution is 0.340. The zero-order valence-corrected chi connectivity index (χ0v) is 17.7. The predicted octanol–water partition coefficient (Wildman–Crippen LogP) is 6.39. The van der Waals surface area contributed by atoms with Crippen LogP contribution in [0, 0.1) is 47.0 Å². The second-order valence-corrected chi connectivity index (χ2v) is 6.96. The minimum atomic E-state index is -0.910. The molecule has 0 saturated heterocycles. The lowest BCUT2D eigenvalue weighted by Crippen LogP contribution is -1.95. The fourth-order valence-electron chi connectivity index (χ4n) is 3.01. The van der Waals surface area contributed by atoms with Gasteiger partial charge in [-0.2, -0.15) is 0 Å². The molecular weight excluding hydrogens is 416 g/mol. The molecule has 0 N–H and O–H groups in total. The van der Waals surface area contributed by atoms with Crippen molar-refractivity contribution < 1.29 is 22.3 Å². The SMILES string of the molecule is CCCc1cc(F)c(C#Cc2cc(F)c(C#Cc3ccc(OCC)cc3)c(F)c2)c(F)c1. The Morgan fingerprint density at radius 1 is 0.656 bits per heavy atom. The number of hydrogen-bond donors (Lipinski definition) is 0. The molecule has 0 radical (unpaired) electrons. The molecule has 0 bridgehead atoms. The highest BCUT2D eigenvalue weighted by Crippen LogP contribution is 2.18. The summed E-state index contributed by atoms with van der Waals surface area (Å²) in [4.78, 5) is 0. The molecule has 162 valence electrons. The van der Waals surface area contributed by atoms with Gasteiger partial charge in [0.25, 0.3) is 0 Å². The number of ether oxygens (including phenoxy) is 1. The van der Waals surface area contributed by atoms with E-state index in [-0.39, 0.29) is 5.56 Å². The lowest BCUT2D eigenvalue weighted by Gasteiger charge is -2.03. The van der Waals surface area contributed by atoms with Gasteiger partial charge in [-0.1, -0.05) is 37.0 Å². The molecule has 0 aliphatic rings. The van der Waals surface area contributed by atoms with E-state index < -0.39 is 34.4 Å². The largest absolute Gasteiger partial charge is 0.494 e. The number of aryl methyl sites for hydroxylation is 1. The first-order valence-electron chi connectivity index (χ1n) is 10.1. The summed E-state index contributed by atoms with van der Waals surface area (Å²) in [6.07, 6.45) is 1.29. The van der Waals surface area contributed by atoms with Crippen LogP contribution >= 0.6 is 0 Å². The highest BCUT2D eigenvalue weighted by molar-refractivity contribution is 5.50. The van der Waals surface area contributed by atoms with Gasteiger partial charge in [0.15, 0.2) is 0 Å². The molecule has 0 aromatic heterocycles. The summed E-state index contributed by atoms with van der Waals surface area (Å²) < 4.78 is 62.5. The molecule has 1 nitrogen and oxygen atoms in total. The number of halogens is 4. The Hall–Kier alpha value is -3.70. The smallest absolute Gasteiger partial charge is 0.143 e. The van der Waals surface area contributed by atoms with Gasteiger partial charge in [-0.25, -0.2) is 17.6 Å². The van der Waals surface area contributed by atoms with Crippen LogP contribution < -0.4 is 4.74 Å². The summed E-state index contributed by atoms with van der Waals surface area (Å²) in [6, 6.07) is 11.2. The van der Waals surface area contributed by atoms with E-state index in [4.69, 9.17) is 4.74 Å². The monoisotopic (exact) mass is 436 g/mol. The van der Waals surface area contributed by atoms with Gasteiger partial charge in [0, 0.05) is 11.1 Å². The van der Waals surface area contributed by atoms with Crippen LogP contribution in [0.4, 0.5) is 17.6 Å². The third-order valence-corrected chi connectivity index (χ3v) is 4.51. The summed E-state index contributed by atoms with van der Waals surface area (Å²) >= 11 is 0. The quantitative estimate of drug-likeness (QED) is 0.340. The van der Waals surface area contributed by atoms with Crippen molar-refractivity contribution in [3.05, 3.63) is 99.6 Å². The molecule has 3 aromatic rings. The van der Waals surface area contributed by atoms with Crippen LogP contribution in [-0.2, 0) is 6.42 Å². The molecule has 0 heterocycles. The van der Waals surface area contributed by atoms with Gasteiger partial charge in [-0.15, -0.1) is 0 Å². The van der Waals surface area contributed by atoms with E-state index in [1.54, 1.807) is 24.3 Å². The number of rotatable bonds is 4. The van der Waals surface area contributed by atoms with Crippen molar-refractivity contribution >= 4 is 0 Å². The maximum absolute atomic E-state index is 14.4. The second kappa shape index (κ2) is 10.6. The first kappa shape index (κ1) is 23.0. The summed E-state index contributed by atoms with van der Waals surface area (Å²) in [5.74, 6) is 7.17. The molecule has 3 rings (SSSR count). The van der Waals surface area contributed by atoms with Crippen LogP contribution in [0.15, 0.2) is 48.5 Å². The summed E-state index contributed by atoms with van der Waals surface area (Å²) in [5, 5.41) is 0. The standard InChI is InChI=1S/C27H20F4O/c1-3-5-19-14-24(28)23(25(29)15-19)13-9-20-16-26(30)22(27(31)17-20)12-8-18-6-10-21(11-7-18)32-4-2/h6-7,10-11,14-17H,3-5H2,1-2H3. The molecule has 32 heavy (non-hydrogen) atoms. The Morgan fingerprint density at radius 3 is 1.66 bits per heavy atom. The highest BCUT2D eigenvalue weighted by Gasteiger charge is 2.11. The zero-order valence-electron chi connectivity index (χ0n) is 17.7. The van der Waals surface area contributed by atoms with Crippen LogP contribution in [0.1, 0.15) is 48.1 Å². The van der Waals surface area contributed by atoms with E-state index in [9.17, 15) is 17.6 Å². The van der Waals surface area contributed by atoms with Gasteiger partial charge >= 0.3 is 0 Å². The van der Waals surface area contributed by atoms with E-state index in [1.165, 1.54) is 12.1 Å². The van der Waals surface area contributed by atoms with E-state index in [2.05, 4.69) is 23.7 Å². The van der Waals surface area contributed by atoms with E-state index >= 15 is 0 Å². The van der Waals surface area contributed by atoms with Gasteiger partial charge in [-0.3, -0.25) is 0 Å². The van der Waals surface area contributed by atoms with Crippen LogP contribution in [-0.4, -0.2) is 6.61 Å². The van der Waals surface area contributed by atoms with Gasteiger partial charge in [0.1, 0.15) is 29.0 Å². The number of hydrogen-bond acceptors (Lipinski definition) is 1. The van der Waals surface area contributed by atoms with E-state index in [0.29, 0.717) is 29.9 Å². The lowest BCUT2D eigenvalue weighted by atomic mass is 10.1. The van der Waals surface area contributed by atoms with Gasteiger partial charge in [0.05, 0.1) is 17.7 Å². The van der Waals surface area contributed by atoms with Gasteiger partial charge in [0.2, 0.25) is 0 Å². The van der Waals surface area contributed by atoms with Crippen molar-refractivity contribution in [3.8, 4) is 29.4 Å². The molecular formula is C27H20F4O. The molecule has 0 saturated carbocycles. The third kappa shape index (κ3) is 5.71. The normalized spacial score (nSPS) is 10.1. The molecule has 0 aliphatic carbocycles. The summed E-state index contributed by atoms with van der Waals surface area (Å²) in [7, 11) is 0. The Kier molecular flexibility index (Phi) is 7.58. The first-order chi connectivity index (χ1) is 15.4. The molecule has 0 unspecified atom stereocenters. The van der Waals surface area contributed by atoms with E-state index in [1.807, 2.05) is 13.8 Å². The van der Waals surface area contributed by atoms with Crippen molar-refractivity contribution in [2.75, 3.05) is 6.61 Å². The molecule has 0 atom stereocenters. The molecule has 0 aliphatic heterocycles. The molecule has 0 fully saturated rings. The van der Waals surface area contributed by atoms with Crippen molar-refractivity contribution in [2.45, 2.75) is 26.7 Å². The van der Waals surface area contributed by atoms with E-state index in [0.717, 1.165) is 18.6 Å². The van der Waals surface area contributed by atoms with Crippen molar-refractivity contribution in [1.29, 1.82) is 0 Å². The topological polar surface area (TPSA) is 9.23 Å². The molecule has 0 spiro atoms. The van der Waals surface area contributed by atoms with Gasteiger partial charge in [-0.05, 0) is 67.4 Å². The molecule has 3 aromatic carbocycles. The minimum Gasteiger partial charge on any atom is -0.494 e. The average Bonchev–Trinajstić information content (AvgIpc) is 2.74. The zero-order chi connectivity index (χ0) is 23.1. The van der Waals surface area contributed by atoms with Crippen molar-refractivity contribution in [2.24, 2.45) is 0 Å².